The molecule has 0 saturated heterocycles. The topological polar surface area (TPSA) is 85.8 Å². The fourth-order valence-electron chi connectivity index (χ4n) is 5.02. The summed E-state index contributed by atoms with van der Waals surface area (Å²) in [5, 5.41) is 0.727. The fourth-order valence-corrected chi connectivity index (χ4v) is 6.03. The Labute approximate surface area is 224 Å². The van der Waals surface area contributed by atoms with Gasteiger partial charge in [-0.15, -0.1) is 0 Å². The summed E-state index contributed by atoms with van der Waals surface area (Å²) < 4.78 is 85.7. The summed E-state index contributed by atoms with van der Waals surface area (Å²) in [7, 11) is -2.24. The van der Waals surface area contributed by atoms with Crippen LogP contribution in [0.2, 0.25) is 0 Å². The van der Waals surface area contributed by atoms with Gasteiger partial charge in [-0.25, -0.2) is 23.0 Å². The van der Waals surface area contributed by atoms with E-state index in [9.17, 15) is 26.2 Å². The lowest BCUT2D eigenvalue weighted by molar-refractivity contribution is -0.138. The molecule has 1 unspecified atom stereocenters. The molecule has 6 nitrogen and oxygen atoms in total. The molecule has 12 heteroatoms. The second kappa shape index (κ2) is 9.89. The van der Waals surface area contributed by atoms with Crippen molar-refractivity contribution in [1.82, 2.24) is 14.5 Å². The predicted octanol–water partition coefficient (Wildman–Crippen LogP) is 7.37. The number of nitrogens with one attached hydrogen (secondary N) is 1. The normalized spacial score (nSPS) is 15.7. The van der Waals surface area contributed by atoms with Gasteiger partial charge in [0.05, 0.1) is 15.8 Å². The highest BCUT2D eigenvalue weighted by Crippen LogP contribution is 2.40. The molecule has 0 radical (unpaired) electrons. The van der Waals surface area contributed by atoms with Crippen LogP contribution < -0.4 is 10.5 Å². The van der Waals surface area contributed by atoms with Gasteiger partial charge in [0.25, 0.3) is 5.92 Å². The Bertz CT molecular complexity index is 1540. The van der Waals surface area contributed by atoms with Crippen molar-refractivity contribution < 1.29 is 26.2 Å². The Balaban J connectivity index is 1.49. The quantitative estimate of drug-likeness (QED) is 0.240. The number of fused-ring (bicyclic) bond motifs is 1. The van der Waals surface area contributed by atoms with Crippen LogP contribution in [0.15, 0.2) is 53.8 Å². The zero-order valence-corrected chi connectivity index (χ0v) is 22.0. The van der Waals surface area contributed by atoms with E-state index in [0.717, 1.165) is 53.9 Å². The number of nitrogens with two attached hydrogens (primary N) is 1. The summed E-state index contributed by atoms with van der Waals surface area (Å²) in [6.07, 6.45) is 2.94. The zero-order valence-electron chi connectivity index (χ0n) is 21.1. The average Bonchev–Trinajstić information content (AvgIpc) is 3.53. The minimum atomic E-state index is -4.87. The first-order valence-electron chi connectivity index (χ1n) is 12.3. The molecule has 2 aromatic carbocycles. The Hall–Kier alpha value is -3.54. The van der Waals surface area contributed by atoms with Crippen molar-refractivity contribution in [3.8, 4) is 11.1 Å². The number of aryl methyl sites for hydroxylation is 1. The lowest BCUT2D eigenvalue weighted by Gasteiger charge is -2.17. The van der Waals surface area contributed by atoms with E-state index in [1.165, 1.54) is 6.33 Å². The first-order chi connectivity index (χ1) is 18.3. The molecule has 0 aliphatic heterocycles. The molecule has 39 heavy (non-hydrogen) atoms. The van der Waals surface area contributed by atoms with E-state index >= 15 is 0 Å². The van der Waals surface area contributed by atoms with Crippen molar-refractivity contribution in [3.63, 3.8) is 0 Å². The third-order valence-electron chi connectivity index (χ3n) is 7.05. The third kappa shape index (κ3) is 5.34. The van der Waals surface area contributed by atoms with Crippen molar-refractivity contribution in [2.24, 2.45) is 0 Å². The van der Waals surface area contributed by atoms with Crippen LogP contribution >= 0.6 is 0 Å². The molecular formula is C27H26F5N5OS. The second-order valence-corrected chi connectivity index (χ2v) is 11.1. The maximum Gasteiger partial charge on any atom is 0.416 e. The number of hydrogen-bond donors (Lipinski definition) is 2. The maximum absolute atomic E-state index is 13.9. The molecule has 0 bridgehead atoms. The monoisotopic (exact) mass is 563 g/mol. The van der Waals surface area contributed by atoms with Crippen LogP contribution in [0.1, 0.15) is 55.3 Å². The van der Waals surface area contributed by atoms with E-state index in [2.05, 4.69) is 19.3 Å². The highest BCUT2D eigenvalue weighted by atomic mass is 32.2. The van der Waals surface area contributed by atoms with Crippen LogP contribution in [0.3, 0.4) is 0 Å². The van der Waals surface area contributed by atoms with Gasteiger partial charge in [-0.2, -0.15) is 13.2 Å². The van der Waals surface area contributed by atoms with Crippen LogP contribution in [-0.2, 0) is 23.1 Å². The summed E-state index contributed by atoms with van der Waals surface area (Å²) >= 11 is 0. The van der Waals surface area contributed by atoms with E-state index in [0.29, 0.717) is 42.2 Å². The van der Waals surface area contributed by atoms with Gasteiger partial charge in [-0.1, -0.05) is 18.9 Å². The van der Waals surface area contributed by atoms with Crippen LogP contribution in [-0.4, -0.2) is 18.7 Å². The predicted molar refractivity (Wildman–Crippen MR) is 141 cm³/mol. The highest BCUT2D eigenvalue weighted by Gasteiger charge is 2.35. The van der Waals surface area contributed by atoms with Gasteiger partial charge in [0, 0.05) is 36.0 Å². The molecule has 4 aromatic rings. The zero-order chi connectivity index (χ0) is 28.1. The van der Waals surface area contributed by atoms with Crippen LogP contribution in [0, 0.1) is 6.92 Å². The van der Waals surface area contributed by atoms with Crippen molar-refractivity contribution in [3.05, 3.63) is 65.6 Å². The molecular weight excluding hydrogens is 537 g/mol. The van der Waals surface area contributed by atoms with E-state index in [4.69, 9.17) is 5.73 Å². The van der Waals surface area contributed by atoms with E-state index in [1.807, 2.05) is 12.3 Å². The molecule has 0 spiro atoms. The van der Waals surface area contributed by atoms with Crippen LogP contribution in [0.4, 0.5) is 33.5 Å². The van der Waals surface area contributed by atoms with Gasteiger partial charge in [0.2, 0.25) is 0 Å². The minimum absolute atomic E-state index is 0.313. The standard InChI is InChI=1S/C27H26F5N5OS/c1-15-9-16(21-13-37(19-5-3-4-6-19)25-23(21)24(33)34-14-35-25)7-8-22(15)36-39(38)20-11-17(26(2,28)29)10-18(12-20)27(30,31)32/h7-14,19,36H,3-6H2,1-2H3,(H2,33,34,35). The van der Waals surface area contributed by atoms with Crippen molar-refractivity contribution in [2.75, 3.05) is 10.5 Å². The van der Waals surface area contributed by atoms with Gasteiger partial charge in [-0.3, -0.25) is 0 Å². The molecule has 0 amide bonds. The Kier molecular flexibility index (Phi) is 6.86. The number of nitrogens with zero attached hydrogens (tertiary/aromatic N) is 3. The molecule has 1 saturated carbocycles. The molecule has 5 rings (SSSR count). The molecule has 206 valence electrons. The molecule has 2 heterocycles. The number of aromatic nitrogens is 3. The lowest BCUT2D eigenvalue weighted by Crippen LogP contribution is -2.14. The molecule has 1 fully saturated rings. The summed E-state index contributed by atoms with van der Waals surface area (Å²) in [6, 6.07) is 7.36. The molecule has 1 aliphatic carbocycles. The average molecular weight is 564 g/mol. The van der Waals surface area contributed by atoms with Crippen molar-refractivity contribution in [2.45, 2.75) is 62.6 Å². The number of alkyl halides is 5. The smallest absolute Gasteiger partial charge is 0.383 e. The summed E-state index contributed by atoms with van der Waals surface area (Å²) in [5.74, 6) is -3.19. The Morgan fingerprint density at radius 3 is 2.36 bits per heavy atom. The SMILES string of the molecule is Cc1cc(-c2cn(C3CCCC3)c3ncnc(N)c23)ccc1NS(=O)c1cc(C(C)(F)F)cc(C(F)(F)F)c1. The van der Waals surface area contributed by atoms with E-state index < -0.39 is 39.1 Å². The number of hydrogen-bond acceptors (Lipinski definition) is 4. The molecule has 2 aromatic heterocycles. The van der Waals surface area contributed by atoms with Crippen molar-refractivity contribution in [1.29, 1.82) is 0 Å². The first kappa shape index (κ1) is 27.0. The number of benzene rings is 2. The number of nitrogen functional groups attached to an aromatic ring is 1. The van der Waals surface area contributed by atoms with Gasteiger partial charge >= 0.3 is 6.18 Å². The van der Waals surface area contributed by atoms with Gasteiger partial charge in [0.1, 0.15) is 28.8 Å². The maximum atomic E-state index is 13.9. The minimum Gasteiger partial charge on any atom is -0.383 e. The largest absolute Gasteiger partial charge is 0.416 e. The number of halogens is 5. The first-order valence-corrected chi connectivity index (χ1v) is 13.5. The Morgan fingerprint density at radius 2 is 1.72 bits per heavy atom. The summed E-state index contributed by atoms with van der Waals surface area (Å²) in [4.78, 5) is 8.23. The lowest BCUT2D eigenvalue weighted by atomic mass is 10.0. The van der Waals surface area contributed by atoms with Crippen LogP contribution in [0.25, 0.3) is 22.2 Å². The third-order valence-corrected chi connectivity index (χ3v) is 8.12. The van der Waals surface area contributed by atoms with Gasteiger partial charge in [0.15, 0.2) is 0 Å². The van der Waals surface area contributed by atoms with E-state index in [-0.39, 0.29) is 0 Å². The highest BCUT2D eigenvalue weighted by molar-refractivity contribution is 7.86. The van der Waals surface area contributed by atoms with Gasteiger partial charge < -0.3 is 15.0 Å². The summed E-state index contributed by atoms with van der Waals surface area (Å²) in [6.45, 7) is 2.24. The Morgan fingerprint density at radius 1 is 1.03 bits per heavy atom. The van der Waals surface area contributed by atoms with Gasteiger partial charge in [-0.05, 0) is 61.2 Å². The van der Waals surface area contributed by atoms with Crippen LogP contribution in [0.5, 0.6) is 0 Å². The summed E-state index contributed by atoms with van der Waals surface area (Å²) in [5.41, 5.74) is 7.49. The number of rotatable bonds is 6. The second-order valence-electron chi connectivity index (χ2n) is 9.88. The van der Waals surface area contributed by atoms with Crippen molar-refractivity contribution >= 4 is 33.5 Å². The molecule has 1 aliphatic rings. The molecule has 1 atom stereocenters. The van der Waals surface area contributed by atoms with E-state index in [1.54, 1.807) is 19.1 Å². The fraction of sp³-hybridized carbons (Fsp3) is 0.333. The number of anilines is 2. The molecule has 3 N–H and O–H groups in total.